The second kappa shape index (κ2) is 7.70. The Balaban J connectivity index is 1.54. The van der Waals surface area contributed by atoms with E-state index in [1.54, 1.807) is 0 Å². The van der Waals surface area contributed by atoms with Crippen LogP contribution in [0, 0.1) is 5.92 Å². The summed E-state index contributed by atoms with van der Waals surface area (Å²) in [6.07, 6.45) is 2.63. The van der Waals surface area contributed by atoms with E-state index >= 15 is 0 Å². The Hall–Kier alpha value is -1.72. The van der Waals surface area contributed by atoms with Crippen LogP contribution in [0.2, 0.25) is 0 Å². The standard InChI is InChI=1S/C18H26N4O/c1-3-22-11-7-8-15(13-22)12-21(2)14-17-19-18(20-23-17)16-9-5-4-6-10-16/h4-6,9-10,15H,3,7-8,11-14H2,1-2H3/t15-/m0/s1. The smallest absolute Gasteiger partial charge is 0.241 e. The topological polar surface area (TPSA) is 45.4 Å². The number of hydrogen-bond acceptors (Lipinski definition) is 5. The number of likely N-dealkylation sites (tertiary alicyclic amines) is 1. The van der Waals surface area contributed by atoms with E-state index in [2.05, 4.69) is 33.9 Å². The monoisotopic (exact) mass is 314 g/mol. The average Bonchev–Trinajstić information content (AvgIpc) is 3.04. The summed E-state index contributed by atoms with van der Waals surface area (Å²) in [6.45, 7) is 7.66. The lowest BCUT2D eigenvalue weighted by molar-refractivity contribution is 0.140. The van der Waals surface area contributed by atoms with Crippen LogP contribution in [0.5, 0.6) is 0 Å². The molecule has 1 aromatic carbocycles. The number of nitrogens with zero attached hydrogens (tertiary/aromatic N) is 4. The average molecular weight is 314 g/mol. The fourth-order valence-corrected chi connectivity index (χ4v) is 3.35. The summed E-state index contributed by atoms with van der Waals surface area (Å²) >= 11 is 0. The second-order valence-electron chi connectivity index (χ2n) is 6.48. The zero-order chi connectivity index (χ0) is 16.1. The van der Waals surface area contributed by atoms with Crippen molar-refractivity contribution < 1.29 is 4.52 Å². The number of benzene rings is 1. The van der Waals surface area contributed by atoms with Crippen molar-refractivity contribution in [2.45, 2.75) is 26.3 Å². The maximum Gasteiger partial charge on any atom is 0.241 e. The Bertz CT molecular complexity index is 598. The van der Waals surface area contributed by atoms with Crippen LogP contribution in [-0.4, -0.2) is 53.2 Å². The van der Waals surface area contributed by atoms with Crippen molar-refractivity contribution in [3.63, 3.8) is 0 Å². The molecule has 1 aromatic heterocycles. The van der Waals surface area contributed by atoms with E-state index in [0.717, 1.165) is 24.6 Å². The third-order valence-corrected chi connectivity index (χ3v) is 4.53. The molecule has 0 unspecified atom stereocenters. The Morgan fingerprint density at radius 2 is 2.13 bits per heavy atom. The van der Waals surface area contributed by atoms with Crippen LogP contribution in [0.4, 0.5) is 0 Å². The van der Waals surface area contributed by atoms with Crippen LogP contribution in [0.3, 0.4) is 0 Å². The lowest BCUT2D eigenvalue weighted by atomic mass is 9.97. The van der Waals surface area contributed by atoms with Gasteiger partial charge in [-0.05, 0) is 38.9 Å². The molecule has 1 aliphatic rings. The van der Waals surface area contributed by atoms with Gasteiger partial charge in [0, 0.05) is 18.7 Å². The Kier molecular flexibility index (Phi) is 5.41. The third-order valence-electron chi connectivity index (χ3n) is 4.53. The lowest BCUT2D eigenvalue weighted by Crippen LogP contribution is -2.39. The summed E-state index contributed by atoms with van der Waals surface area (Å²) in [4.78, 5) is 9.36. The molecule has 0 spiro atoms. The molecule has 0 saturated carbocycles. The Labute approximate surface area is 138 Å². The highest BCUT2D eigenvalue weighted by Gasteiger charge is 2.20. The first-order valence-corrected chi connectivity index (χ1v) is 8.53. The minimum Gasteiger partial charge on any atom is -0.338 e. The summed E-state index contributed by atoms with van der Waals surface area (Å²) in [5.41, 5.74) is 0.996. The van der Waals surface area contributed by atoms with Gasteiger partial charge in [0.2, 0.25) is 11.7 Å². The first-order valence-electron chi connectivity index (χ1n) is 8.53. The molecule has 1 saturated heterocycles. The molecule has 2 aromatic rings. The fourth-order valence-electron chi connectivity index (χ4n) is 3.35. The number of aromatic nitrogens is 2. The first-order chi connectivity index (χ1) is 11.2. The summed E-state index contributed by atoms with van der Waals surface area (Å²) in [7, 11) is 2.14. The summed E-state index contributed by atoms with van der Waals surface area (Å²) in [5, 5.41) is 4.09. The molecule has 23 heavy (non-hydrogen) atoms. The molecule has 0 amide bonds. The summed E-state index contributed by atoms with van der Waals surface area (Å²) in [5.74, 6) is 2.10. The van der Waals surface area contributed by atoms with Crippen LogP contribution < -0.4 is 0 Å². The Morgan fingerprint density at radius 1 is 1.30 bits per heavy atom. The molecule has 1 atom stereocenters. The van der Waals surface area contributed by atoms with Crippen molar-refractivity contribution in [1.29, 1.82) is 0 Å². The molecular formula is C18H26N4O. The van der Waals surface area contributed by atoms with Crippen LogP contribution >= 0.6 is 0 Å². The van der Waals surface area contributed by atoms with Crippen LogP contribution in [0.15, 0.2) is 34.9 Å². The van der Waals surface area contributed by atoms with Gasteiger partial charge in [-0.3, -0.25) is 4.90 Å². The molecule has 1 aliphatic heterocycles. The van der Waals surface area contributed by atoms with Gasteiger partial charge in [0.05, 0.1) is 6.54 Å². The SMILES string of the molecule is CCN1CCC[C@@H](CN(C)Cc2nc(-c3ccccc3)no2)C1. The zero-order valence-electron chi connectivity index (χ0n) is 14.1. The van der Waals surface area contributed by atoms with Gasteiger partial charge < -0.3 is 9.42 Å². The highest BCUT2D eigenvalue weighted by molar-refractivity contribution is 5.53. The van der Waals surface area contributed by atoms with Crippen molar-refractivity contribution in [2.75, 3.05) is 33.2 Å². The van der Waals surface area contributed by atoms with Crippen molar-refractivity contribution >= 4 is 0 Å². The van der Waals surface area contributed by atoms with Crippen molar-refractivity contribution in [3.05, 3.63) is 36.2 Å². The van der Waals surface area contributed by atoms with Crippen molar-refractivity contribution in [3.8, 4) is 11.4 Å². The molecule has 0 aliphatic carbocycles. The lowest BCUT2D eigenvalue weighted by Gasteiger charge is -2.33. The fraction of sp³-hybridized carbons (Fsp3) is 0.556. The molecule has 2 heterocycles. The first kappa shape index (κ1) is 16.1. The van der Waals surface area contributed by atoms with Gasteiger partial charge in [-0.1, -0.05) is 42.4 Å². The van der Waals surface area contributed by atoms with Crippen molar-refractivity contribution in [2.24, 2.45) is 5.92 Å². The van der Waals surface area contributed by atoms with E-state index in [0.29, 0.717) is 18.3 Å². The molecule has 1 fully saturated rings. The molecule has 0 radical (unpaired) electrons. The highest BCUT2D eigenvalue weighted by Crippen LogP contribution is 2.19. The second-order valence-corrected chi connectivity index (χ2v) is 6.48. The Morgan fingerprint density at radius 3 is 2.91 bits per heavy atom. The maximum atomic E-state index is 5.41. The quantitative estimate of drug-likeness (QED) is 0.820. The number of hydrogen-bond donors (Lipinski definition) is 0. The van der Waals surface area contributed by atoms with E-state index in [1.165, 1.54) is 25.9 Å². The van der Waals surface area contributed by atoms with Crippen molar-refractivity contribution in [1.82, 2.24) is 19.9 Å². The van der Waals surface area contributed by atoms with Crippen LogP contribution in [0.25, 0.3) is 11.4 Å². The largest absolute Gasteiger partial charge is 0.338 e. The highest BCUT2D eigenvalue weighted by atomic mass is 16.5. The van der Waals surface area contributed by atoms with Gasteiger partial charge in [-0.2, -0.15) is 4.98 Å². The van der Waals surface area contributed by atoms with Gasteiger partial charge in [-0.25, -0.2) is 0 Å². The summed E-state index contributed by atoms with van der Waals surface area (Å²) < 4.78 is 5.41. The number of rotatable bonds is 6. The molecule has 0 N–H and O–H groups in total. The third kappa shape index (κ3) is 4.39. The van der Waals surface area contributed by atoms with Gasteiger partial charge >= 0.3 is 0 Å². The normalized spacial score (nSPS) is 19.3. The van der Waals surface area contributed by atoms with Crippen LogP contribution in [-0.2, 0) is 6.54 Å². The predicted molar refractivity (Wildman–Crippen MR) is 90.9 cm³/mol. The van der Waals surface area contributed by atoms with E-state index < -0.39 is 0 Å². The molecule has 5 heteroatoms. The molecule has 124 valence electrons. The van der Waals surface area contributed by atoms with E-state index in [4.69, 9.17) is 4.52 Å². The molecule has 0 bridgehead atoms. The maximum absolute atomic E-state index is 5.41. The predicted octanol–water partition coefficient (Wildman–Crippen LogP) is 2.90. The molecular weight excluding hydrogens is 288 g/mol. The van der Waals surface area contributed by atoms with E-state index in [9.17, 15) is 0 Å². The minimum absolute atomic E-state index is 0.670. The molecule has 3 rings (SSSR count). The molecule has 5 nitrogen and oxygen atoms in total. The van der Waals surface area contributed by atoms with Gasteiger partial charge in [0.15, 0.2) is 0 Å². The zero-order valence-corrected chi connectivity index (χ0v) is 14.1. The number of piperidine rings is 1. The van der Waals surface area contributed by atoms with Gasteiger partial charge in [0.25, 0.3) is 0 Å². The minimum atomic E-state index is 0.670. The van der Waals surface area contributed by atoms with E-state index in [1.807, 2.05) is 30.3 Å². The van der Waals surface area contributed by atoms with Crippen LogP contribution in [0.1, 0.15) is 25.7 Å². The van der Waals surface area contributed by atoms with Gasteiger partial charge in [-0.15, -0.1) is 0 Å². The van der Waals surface area contributed by atoms with Gasteiger partial charge in [0.1, 0.15) is 0 Å². The van der Waals surface area contributed by atoms with E-state index in [-0.39, 0.29) is 0 Å². The summed E-state index contributed by atoms with van der Waals surface area (Å²) in [6, 6.07) is 9.96.